The number of nitrogens with two attached hydrogens (primary N) is 1. The summed E-state index contributed by atoms with van der Waals surface area (Å²) < 4.78 is 1.97. The molecule has 0 radical (unpaired) electrons. The molecule has 0 saturated carbocycles. The van der Waals surface area contributed by atoms with Gasteiger partial charge in [-0.25, -0.2) is 5.90 Å². The zero-order valence-electron chi connectivity index (χ0n) is 14.3. The Morgan fingerprint density at radius 2 is 2.15 bits per heavy atom. The van der Waals surface area contributed by atoms with Crippen LogP contribution in [0.2, 0.25) is 0 Å². The highest BCUT2D eigenvalue weighted by molar-refractivity contribution is 7.99. The first kappa shape index (κ1) is 16.9. The number of aromatic nitrogens is 4. The fraction of sp³-hybridized carbons (Fsp3) is 0.222. The molecule has 0 amide bonds. The average Bonchev–Trinajstić information content (AvgIpc) is 2.98. The Labute approximate surface area is 155 Å². The fourth-order valence-electron chi connectivity index (χ4n) is 3.02. The summed E-state index contributed by atoms with van der Waals surface area (Å²) in [7, 11) is 0. The Kier molecular flexibility index (Phi) is 4.79. The minimum absolute atomic E-state index is 0.177. The maximum atomic E-state index is 5.27. The van der Waals surface area contributed by atoms with Gasteiger partial charge in [-0.15, -0.1) is 22.0 Å². The highest BCUT2D eigenvalue weighted by Crippen LogP contribution is 2.29. The van der Waals surface area contributed by atoms with Crippen molar-refractivity contribution in [2.24, 2.45) is 10.9 Å². The SMILES string of the molecule is CCSc1ccc2c(c1)C(c1ccccn1)=NCc1nnc(CON)n1-2. The summed E-state index contributed by atoms with van der Waals surface area (Å²) in [4.78, 5) is 15.3. The zero-order chi connectivity index (χ0) is 17.9. The molecule has 0 unspecified atom stereocenters. The Bertz CT molecular complexity index is 954. The van der Waals surface area contributed by atoms with Crippen LogP contribution in [0.5, 0.6) is 0 Å². The van der Waals surface area contributed by atoms with Crippen molar-refractivity contribution in [2.75, 3.05) is 5.75 Å². The lowest BCUT2D eigenvalue weighted by Gasteiger charge is -2.14. The summed E-state index contributed by atoms with van der Waals surface area (Å²) in [5.41, 5.74) is 3.64. The van der Waals surface area contributed by atoms with Crippen LogP contribution in [0, 0.1) is 0 Å². The highest BCUT2D eigenvalue weighted by atomic mass is 32.2. The van der Waals surface area contributed by atoms with Gasteiger partial charge in [0.15, 0.2) is 11.6 Å². The average molecular weight is 366 g/mol. The molecule has 0 aliphatic carbocycles. The van der Waals surface area contributed by atoms with Gasteiger partial charge in [-0.1, -0.05) is 13.0 Å². The van der Waals surface area contributed by atoms with E-state index in [1.54, 1.807) is 18.0 Å². The van der Waals surface area contributed by atoms with Crippen LogP contribution in [0.25, 0.3) is 5.69 Å². The van der Waals surface area contributed by atoms with Gasteiger partial charge in [-0.05, 0) is 36.1 Å². The number of nitrogens with zero attached hydrogens (tertiary/aromatic N) is 5. The number of fused-ring (bicyclic) bond motifs is 3. The molecule has 2 N–H and O–H groups in total. The second-order valence-corrected chi connectivity index (χ2v) is 7.01. The topological polar surface area (TPSA) is 91.2 Å². The van der Waals surface area contributed by atoms with Crippen molar-refractivity contribution < 1.29 is 4.84 Å². The summed E-state index contributed by atoms with van der Waals surface area (Å²) in [6.45, 7) is 2.73. The summed E-state index contributed by atoms with van der Waals surface area (Å²) in [6.07, 6.45) is 1.78. The van der Waals surface area contributed by atoms with Gasteiger partial charge in [0, 0.05) is 16.7 Å². The van der Waals surface area contributed by atoms with Crippen molar-refractivity contribution in [3.8, 4) is 5.69 Å². The van der Waals surface area contributed by atoms with Crippen LogP contribution in [-0.2, 0) is 18.0 Å². The van der Waals surface area contributed by atoms with Crippen molar-refractivity contribution in [3.05, 3.63) is 65.5 Å². The number of pyridine rings is 1. The molecule has 1 aliphatic heterocycles. The van der Waals surface area contributed by atoms with Gasteiger partial charge in [0.25, 0.3) is 0 Å². The highest BCUT2D eigenvalue weighted by Gasteiger charge is 2.23. The maximum Gasteiger partial charge on any atom is 0.165 e. The first-order valence-electron chi connectivity index (χ1n) is 8.30. The molecule has 0 bridgehead atoms. The fourth-order valence-corrected chi connectivity index (χ4v) is 3.71. The number of rotatable bonds is 5. The number of thioether (sulfide) groups is 1. The van der Waals surface area contributed by atoms with E-state index < -0.39 is 0 Å². The van der Waals surface area contributed by atoms with Crippen molar-refractivity contribution in [1.82, 2.24) is 19.7 Å². The smallest absolute Gasteiger partial charge is 0.165 e. The van der Waals surface area contributed by atoms with E-state index in [1.807, 2.05) is 22.8 Å². The Morgan fingerprint density at radius 3 is 2.92 bits per heavy atom. The van der Waals surface area contributed by atoms with Gasteiger partial charge in [-0.2, -0.15) is 0 Å². The van der Waals surface area contributed by atoms with Crippen LogP contribution in [0.1, 0.15) is 29.8 Å². The third-order valence-electron chi connectivity index (χ3n) is 4.07. The van der Waals surface area contributed by atoms with Crippen LogP contribution in [0.15, 0.2) is 52.5 Å². The van der Waals surface area contributed by atoms with Gasteiger partial charge in [0.2, 0.25) is 0 Å². The number of hydrogen-bond donors (Lipinski definition) is 1. The van der Waals surface area contributed by atoms with Gasteiger partial charge in [-0.3, -0.25) is 19.4 Å². The molecule has 0 spiro atoms. The van der Waals surface area contributed by atoms with Crippen LogP contribution in [0.3, 0.4) is 0 Å². The molecule has 26 heavy (non-hydrogen) atoms. The lowest BCUT2D eigenvalue weighted by atomic mass is 10.0. The third kappa shape index (κ3) is 3.03. The summed E-state index contributed by atoms with van der Waals surface area (Å²) in [5.74, 6) is 7.67. The van der Waals surface area contributed by atoms with Crippen LogP contribution in [0.4, 0.5) is 0 Å². The van der Waals surface area contributed by atoms with E-state index in [1.165, 1.54) is 4.90 Å². The minimum atomic E-state index is 0.177. The second-order valence-electron chi connectivity index (χ2n) is 5.67. The van der Waals surface area contributed by atoms with Crippen molar-refractivity contribution >= 4 is 17.5 Å². The van der Waals surface area contributed by atoms with E-state index >= 15 is 0 Å². The quantitative estimate of drug-likeness (QED) is 0.551. The van der Waals surface area contributed by atoms with Crippen molar-refractivity contribution in [1.29, 1.82) is 0 Å². The molecule has 8 heteroatoms. The molecule has 3 aromatic rings. The molecule has 1 aliphatic rings. The lowest BCUT2D eigenvalue weighted by Crippen LogP contribution is -2.12. The number of benzene rings is 1. The summed E-state index contributed by atoms with van der Waals surface area (Å²) >= 11 is 1.79. The Hall–Kier alpha value is -2.55. The van der Waals surface area contributed by atoms with E-state index in [9.17, 15) is 0 Å². The molecule has 3 heterocycles. The van der Waals surface area contributed by atoms with E-state index in [4.69, 9.17) is 15.7 Å². The van der Waals surface area contributed by atoms with E-state index in [2.05, 4.69) is 40.3 Å². The molecule has 2 aromatic heterocycles. The molecule has 132 valence electrons. The molecule has 0 saturated heterocycles. The standard InChI is InChI=1S/C18H18N6OS/c1-2-26-12-6-7-15-13(9-12)18(14-5-3-4-8-20-14)21-10-16-22-23-17(11-25-19)24(15)16/h3-9H,2,10-11,19H2,1H3. The summed E-state index contributed by atoms with van der Waals surface area (Å²) in [5, 5.41) is 8.47. The normalized spacial score (nSPS) is 12.9. The van der Waals surface area contributed by atoms with Crippen molar-refractivity contribution in [3.63, 3.8) is 0 Å². The monoisotopic (exact) mass is 366 g/mol. The van der Waals surface area contributed by atoms with Gasteiger partial charge in [0.1, 0.15) is 13.2 Å². The Morgan fingerprint density at radius 1 is 1.23 bits per heavy atom. The first-order chi connectivity index (χ1) is 12.8. The van der Waals surface area contributed by atoms with Crippen molar-refractivity contribution in [2.45, 2.75) is 25.0 Å². The molecule has 4 rings (SSSR count). The minimum Gasteiger partial charge on any atom is -0.296 e. The molecule has 7 nitrogen and oxygen atoms in total. The molecule has 0 atom stereocenters. The van der Waals surface area contributed by atoms with E-state index in [-0.39, 0.29) is 6.61 Å². The van der Waals surface area contributed by atoms with Crippen LogP contribution < -0.4 is 5.90 Å². The van der Waals surface area contributed by atoms with Gasteiger partial charge >= 0.3 is 0 Å². The zero-order valence-corrected chi connectivity index (χ0v) is 15.1. The second kappa shape index (κ2) is 7.36. The number of aliphatic imine (C=N–C) groups is 1. The van der Waals surface area contributed by atoms with E-state index in [0.29, 0.717) is 12.4 Å². The van der Waals surface area contributed by atoms with E-state index in [0.717, 1.165) is 34.2 Å². The van der Waals surface area contributed by atoms with Gasteiger partial charge in [0.05, 0.1) is 17.1 Å². The van der Waals surface area contributed by atoms with Gasteiger partial charge < -0.3 is 0 Å². The molecule has 0 fully saturated rings. The Balaban J connectivity index is 1.93. The predicted octanol–water partition coefficient (Wildman–Crippen LogP) is 2.52. The summed E-state index contributed by atoms with van der Waals surface area (Å²) in [6, 6.07) is 12.2. The molecular formula is C18H18N6OS. The first-order valence-corrected chi connectivity index (χ1v) is 9.28. The molecule has 1 aromatic carbocycles. The largest absolute Gasteiger partial charge is 0.296 e. The molecular weight excluding hydrogens is 348 g/mol. The number of hydrogen-bond acceptors (Lipinski definition) is 7. The van der Waals surface area contributed by atoms with Crippen LogP contribution >= 0.6 is 11.8 Å². The van der Waals surface area contributed by atoms with Crippen LogP contribution in [-0.4, -0.2) is 31.2 Å². The lowest BCUT2D eigenvalue weighted by molar-refractivity contribution is 0.117. The third-order valence-corrected chi connectivity index (χ3v) is 4.95. The predicted molar refractivity (Wildman–Crippen MR) is 100 cm³/mol. The maximum absolute atomic E-state index is 5.27.